The molecule has 3 rings (SSSR count). The minimum Gasteiger partial charge on any atom is -0.207 e. The van der Waals surface area contributed by atoms with E-state index in [1.165, 1.54) is 6.07 Å². The average Bonchev–Trinajstić information content (AvgIpc) is 2.93. The molecule has 0 radical (unpaired) electrons. The van der Waals surface area contributed by atoms with Crippen molar-refractivity contribution >= 4 is 15.7 Å². The van der Waals surface area contributed by atoms with Crippen LogP contribution in [0.1, 0.15) is 29.2 Å². The Morgan fingerprint density at radius 3 is 2.39 bits per heavy atom. The van der Waals surface area contributed by atoms with Crippen molar-refractivity contribution in [1.29, 1.82) is 0 Å². The Labute approximate surface area is 135 Å². The standard InChI is InChI=1S/C17H17FN2O2S/c1-12-7-9-13(10-8-12)16-11-17(20(19-16)23(2,21)22)14-5-3-4-6-15(14)18/h3-10,17H,11H2,1-2H3/t17-/m0/s1. The first-order valence-electron chi connectivity index (χ1n) is 7.24. The summed E-state index contributed by atoms with van der Waals surface area (Å²) in [5.41, 5.74) is 2.94. The van der Waals surface area contributed by atoms with Gasteiger partial charge in [0.2, 0.25) is 10.0 Å². The molecule has 0 saturated heterocycles. The number of rotatable bonds is 3. The van der Waals surface area contributed by atoms with Gasteiger partial charge in [0.25, 0.3) is 0 Å². The molecule has 0 aromatic heterocycles. The lowest BCUT2D eigenvalue weighted by Gasteiger charge is -2.21. The Morgan fingerprint density at radius 2 is 1.78 bits per heavy atom. The van der Waals surface area contributed by atoms with E-state index in [1.54, 1.807) is 18.2 Å². The summed E-state index contributed by atoms with van der Waals surface area (Å²) in [6, 6.07) is 13.3. The molecule has 0 spiro atoms. The fraction of sp³-hybridized carbons (Fsp3) is 0.235. The van der Waals surface area contributed by atoms with Gasteiger partial charge in [0.05, 0.1) is 18.0 Å². The molecule has 2 aromatic carbocycles. The summed E-state index contributed by atoms with van der Waals surface area (Å²) in [6.07, 6.45) is 1.43. The second-order valence-corrected chi connectivity index (χ2v) is 7.53. The molecule has 120 valence electrons. The summed E-state index contributed by atoms with van der Waals surface area (Å²) in [6.45, 7) is 1.98. The third-order valence-electron chi connectivity index (χ3n) is 3.86. The molecule has 0 unspecified atom stereocenters. The summed E-state index contributed by atoms with van der Waals surface area (Å²) < 4.78 is 39.2. The maximum absolute atomic E-state index is 14.1. The number of hydrazone groups is 1. The van der Waals surface area contributed by atoms with E-state index in [0.29, 0.717) is 17.7 Å². The van der Waals surface area contributed by atoms with Crippen LogP contribution in [-0.4, -0.2) is 24.8 Å². The smallest absolute Gasteiger partial charge is 0.207 e. The Morgan fingerprint density at radius 1 is 1.13 bits per heavy atom. The molecule has 1 atom stereocenters. The topological polar surface area (TPSA) is 49.7 Å². The summed E-state index contributed by atoms with van der Waals surface area (Å²) in [7, 11) is -3.59. The Kier molecular flexibility index (Phi) is 3.93. The van der Waals surface area contributed by atoms with Crippen LogP contribution >= 0.6 is 0 Å². The van der Waals surface area contributed by atoms with E-state index in [1.807, 2.05) is 31.2 Å². The number of halogens is 1. The van der Waals surface area contributed by atoms with Crippen LogP contribution in [0.3, 0.4) is 0 Å². The first-order valence-corrected chi connectivity index (χ1v) is 9.09. The van der Waals surface area contributed by atoms with Crippen molar-refractivity contribution in [3.05, 3.63) is 71.0 Å². The largest absolute Gasteiger partial charge is 0.247 e. The molecule has 4 nitrogen and oxygen atoms in total. The van der Waals surface area contributed by atoms with Gasteiger partial charge in [0, 0.05) is 12.0 Å². The highest BCUT2D eigenvalue weighted by Gasteiger charge is 2.35. The van der Waals surface area contributed by atoms with Crippen molar-refractivity contribution in [2.24, 2.45) is 5.10 Å². The highest BCUT2D eigenvalue weighted by atomic mass is 32.2. The van der Waals surface area contributed by atoms with Gasteiger partial charge in [-0.1, -0.05) is 48.0 Å². The molecular formula is C17H17FN2O2S. The first kappa shape index (κ1) is 15.7. The van der Waals surface area contributed by atoms with Crippen molar-refractivity contribution in [2.75, 3.05) is 6.26 Å². The molecule has 0 aliphatic carbocycles. The fourth-order valence-corrected chi connectivity index (χ4v) is 3.59. The Bertz CT molecular complexity index is 860. The second-order valence-electron chi connectivity index (χ2n) is 5.69. The van der Waals surface area contributed by atoms with E-state index in [4.69, 9.17) is 0 Å². The maximum Gasteiger partial charge on any atom is 0.247 e. The summed E-state index contributed by atoms with van der Waals surface area (Å²) in [4.78, 5) is 0. The van der Waals surface area contributed by atoms with Gasteiger partial charge in [0.15, 0.2) is 0 Å². The van der Waals surface area contributed by atoms with Crippen LogP contribution in [0.5, 0.6) is 0 Å². The maximum atomic E-state index is 14.1. The van der Waals surface area contributed by atoms with Crippen LogP contribution in [0.4, 0.5) is 4.39 Å². The zero-order valence-electron chi connectivity index (χ0n) is 12.9. The molecule has 0 fully saturated rings. The quantitative estimate of drug-likeness (QED) is 0.866. The van der Waals surface area contributed by atoms with Crippen LogP contribution in [0.2, 0.25) is 0 Å². The second kappa shape index (κ2) is 5.77. The lowest BCUT2D eigenvalue weighted by molar-refractivity contribution is 0.365. The van der Waals surface area contributed by atoms with Crippen molar-refractivity contribution < 1.29 is 12.8 Å². The normalized spacial score (nSPS) is 18.1. The zero-order valence-corrected chi connectivity index (χ0v) is 13.7. The van der Waals surface area contributed by atoms with E-state index < -0.39 is 21.9 Å². The highest BCUT2D eigenvalue weighted by Crippen LogP contribution is 2.35. The fourth-order valence-electron chi connectivity index (χ4n) is 2.69. The SMILES string of the molecule is Cc1ccc(C2=NN(S(C)(=O)=O)[C@H](c3ccccc3F)C2)cc1. The van der Waals surface area contributed by atoms with Crippen LogP contribution in [0.15, 0.2) is 53.6 Å². The molecule has 23 heavy (non-hydrogen) atoms. The van der Waals surface area contributed by atoms with Gasteiger partial charge >= 0.3 is 0 Å². The molecule has 0 bridgehead atoms. The van der Waals surface area contributed by atoms with Gasteiger partial charge in [0.1, 0.15) is 5.82 Å². The van der Waals surface area contributed by atoms with Gasteiger partial charge in [-0.3, -0.25) is 0 Å². The van der Waals surface area contributed by atoms with Crippen molar-refractivity contribution in [1.82, 2.24) is 4.41 Å². The van der Waals surface area contributed by atoms with Gasteiger partial charge in [-0.15, -0.1) is 0 Å². The van der Waals surface area contributed by atoms with E-state index in [-0.39, 0.29) is 0 Å². The minimum absolute atomic E-state index is 0.337. The number of sulfonamides is 1. The van der Waals surface area contributed by atoms with Crippen molar-refractivity contribution in [3.8, 4) is 0 Å². The van der Waals surface area contributed by atoms with Crippen LogP contribution in [0, 0.1) is 12.7 Å². The number of hydrogen-bond donors (Lipinski definition) is 0. The summed E-state index contributed by atoms with van der Waals surface area (Å²) in [5, 5.41) is 4.25. The minimum atomic E-state index is -3.59. The van der Waals surface area contributed by atoms with Crippen LogP contribution in [0.25, 0.3) is 0 Å². The van der Waals surface area contributed by atoms with Crippen LogP contribution < -0.4 is 0 Å². The van der Waals surface area contributed by atoms with E-state index in [9.17, 15) is 12.8 Å². The summed E-state index contributed by atoms with van der Waals surface area (Å²) >= 11 is 0. The van der Waals surface area contributed by atoms with Gasteiger partial charge in [-0.25, -0.2) is 12.8 Å². The summed E-state index contributed by atoms with van der Waals surface area (Å²) in [5.74, 6) is -0.425. The van der Waals surface area contributed by atoms with Gasteiger partial charge in [-0.05, 0) is 18.6 Å². The molecule has 6 heteroatoms. The van der Waals surface area contributed by atoms with Gasteiger partial charge < -0.3 is 0 Å². The highest BCUT2D eigenvalue weighted by molar-refractivity contribution is 7.88. The molecule has 0 saturated carbocycles. The van der Waals surface area contributed by atoms with E-state index in [2.05, 4.69) is 5.10 Å². The van der Waals surface area contributed by atoms with E-state index >= 15 is 0 Å². The number of benzene rings is 2. The zero-order chi connectivity index (χ0) is 16.6. The average molecular weight is 332 g/mol. The Hall–Kier alpha value is -2.21. The third-order valence-corrected chi connectivity index (χ3v) is 4.88. The van der Waals surface area contributed by atoms with Crippen molar-refractivity contribution in [2.45, 2.75) is 19.4 Å². The van der Waals surface area contributed by atoms with E-state index in [0.717, 1.165) is 21.8 Å². The monoisotopic (exact) mass is 332 g/mol. The number of aryl methyl sites for hydroxylation is 1. The molecule has 2 aromatic rings. The number of nitrogens with zero attached hydrogens (tertiary/aromatic N) is 2. The molecule has 0 amide bonds. The molecule has 1 aliphatic heterocycles. The van der Waals surface area contributed by atoms with Crippen LogP contribution in [-0.2, 0) is 10.0 Å². The molecular weight excluding hydrogens is 315 g/mol. The molecule has 0 N–H and O–H groups in total. The third kappa shape index (κ3) is 3.12. The lowest BCUT2D eigenvalue weighted by Crippen LogP contribution is -2.26. The van der Waals surface area contributed by atoms with Gasteiger partial charge in [-0.2, -0.15) is 9.52 Å². The first-order chi connectivity index (χ1) is 10.9. The number of hydrogen-bond acceptors (Lipinski definition) is 3. The van der Waals surface area contributed by atoms with Crippen molar-refractivity contribution in [3.63, 3.8) is 0 Å². The predicted molar refractivity (Wildman–Crippen MR) is 88.2 cm³/mol. The lowest BCUT2D eigenvalue weighted by atomic mass is 9.98. The predicted octanol–water partition coefficient (Wildman–Crippen LogP) is 3.24. The molecule has 1 heterocycles. The Balaban J connectivity index is 2.03. The molecule has 1 aliphatic rings.